The van der Waals surface area contributed by atoms with Crippen LogP contribution in [0.15, 0.2) is 0 Å². The molecule has 84 valence electrons. The number of Topliss-reactive ketones (excluding diaryl/α,β-unsaturated/α-hetero) is 1. The summed E-state index contributed by atoms with van der Waals surface area (Å²) in [5.41, 5.74) is 0. The number of alkyl halides is 6. The monoisotopic (exact) mass is 224 g/mol. The quantitative estimate of drug-likeness (QED) is 0.742. The summed E-state index contributed by atoms with van der Waals surface area (Å²) in [6.45, 7) is 0. The maximum Gasteiger partial charge on any atom is 0.450 e. The summed E-state index contributed by atoms with van der Waals surface area (Å²) in [7, 11) is 0. The first-order valence-corrected chi connectivity index (χ1v) is 3.37. The van der Waals surface area contributed by atoms with Crippen LogP contribution in [0.1, 0.15) is 12.8 Å². The minimum absolute atomic E-state index is 1.57. The summed E-state index contributed by atoms with van der Waals surface area (Å²) >= 11 is 0. The smallest absolute Gasteiger partial charge is 0.392 e. The highest BCUT2D eigenvalue weighted by Gasteiger charge is 2.41. The van der Waals surface area contributed by atoms with Crippen LogP contribution in [-0.2, 0) is 4.79 Å². The predicted octanol–water partition coefficient (Wildman–Crippen LogP) is 1.82. The Morgan fingerprint density at radius 3 is 1.86 bits per heavy atom. The second-order valence-corrected chi connectivity index (χ2v) is 2.60. The van der Waals surface area contributed by atoms with Gasteiger partial charge in [0, 0.05) is 6.42 Å². The molecule has 0 aromatic heterocycles. The molecule has 0 amide bonds. The molecule has 0 radical (unpaired) electrons. The van der Waals surface area contributed by atoms with Crippen molar-refractivity contribution in [3.05, 3.63) is 0 Å². The van der Waals surface area contributed by atoms with Crippen molar-refractivity contribution in [1.82, 2.24) is 0 Å². The Morgan fingerprint density at radius 2 is 1.57 bits per heavy atom. The molecule has 1 N–H and O–H groups in total. The summed E-state index contributed by atoms with van der Waals surface area (Å²) in [5.74, 6) is -2.37. The lowest BCUT2D eigenvalue weighted by molar-refractivity contribution is -0.178. The zero-order valence-corrected chi connectivity index (χ0v) is 6.61. The van der Waals surface area contributed by atoms with E-state index >= 15 is 0 Å². The number of rotatable bonds is 3. The highest BCUT2D eigenvalue weighted by Crippen LogP contribution is 2.25. The van der Waals surface area contributed by atoms with Gasteiger partial charge in [0.2, 0.25) is 5.78 Å². The number of carbonyl (C=O) groups excluding carboxylic acids is 1. The van der Waals surface area contributed by atoms with E-state index in [1.807, 2.05) is 0 Å². The SMILES string of the molecule is O=C(CC(O)CC(F)(F)F)C(F)(F)F. The van der Waals surface area contributed by atoms with Crippen molar-refractivity contribution in [3.8, 4) is 0 Å². The number of hydrogen-bond donors (Lipinski definition) is 1. The average molecular weight is 224 g/mol. The number of hydrogen-bond acceptors (Lipinski definition) is 2. The van der Waals surface area contributed by atoms with Gasteiger partial charge in [0.05, 0.1) is 12.5 Å². The number of halogens is 6. The van der Waals surface area contributed by atoms with Crippen LogP contribution in [0.4, 0.5) is 26.3 Å². The zero-order chi connectivity index (χ0) is 11.6. The molecule has 0 saturated carbocycles. The molecule has 0 heterocycles. The normalized spacial score (nSPS) is 15.4. The van der Waals surface area contributed by atoms with Gasteiger partial charge in [-0.15, -0.1) is 0 Å². The first-order valence-electron chi connectivity index (χ1n) is 3.37. The Hall–Kier alpha value is -0.790. The molecular formula is C6H6F6O2. The van der Waals surface area contributed by atoms with Crippen molar-refractivity contribution in [1.29, 1.82) is 0 Å². The third-order valence-corrected chi connectivity index (χ3v) is 1.20. The van der Waals surface area contributed by atoms with Gasteiger partial charge >= 0.3 is 12.4 Å². The highest BCUT2D eigenvalue weighted by molar-refractivity contribution is 5.84. The van der Waals surface area contributed by atoms with Crippen LogP contribution in [0, 0.1) is 0 Å². The van der Waals surface area contributed by atoms with Crippen molar-refractivity contribution in [2.24, 2.45) is 0 Å². The summed E-state index contributed by atoms with van der Waals surface area (Å²) in [4.78, 5) is 10.1. The van der Waals surface area contributed by atoms with Crippen LogP contribution in [0.5, 0.6) is 0 Å². The molecule has 0 aliphatic carbocycles. The van der Waals surface area contributed by atoms with E-state index < -0.39 is 37.1 Å². The molecule has 0 aromatic rings. The highest BCUT2D eigenvalue weighted by atomic mass is 19.4. The molecule has 2 nitrogen and oxygen atoms in total. The topological polar surface area (TPSA) is 37.3 Å². The van der Waals surface area contributed by atoms with E-state index in [4.69, 9.17) is 5.11 Å². The molecule has 0 rings (SSSR count). The van der Waals surface area contributed by atoms with E-state index in [2.05, 4.69) is 0 Å². The molecule has 0 fully saturated rings. The minimum atomic E-state index is -5.20. The summed E-state index contributed by atoms with van der Waals surface area (Å²) in [5, 5.41) is 8.48. The third kappa shape index (κ3) is 5.79. The van der Waals surface area contributed by atoms with Crippen LogP contribution in [0.3, 0.4) is 0 Å². The van der Waals surface area contributed by atoms with Gasteiger partial charge in [-0.05, 0) is 0 Å². The van der Waals surface area contributed by atoms with E-state index in [1.54, 1.807) is 0 Å². The Kier molecular flexibility index (Phi) is 3.92. The van der Waals surface area contributed by atoms with Crippen molar-refractivity contribution >= 4 is 5.78 Å². The maximum absolute atomic E-state index is 11.5. The largest absolute Gasteiger partial charge is 0.450 e. The molecule has 0 spiro atoms. The Labute approximate surface area is 74.5 Å². The molecule has 14 heavy (non-hydrogen) atoms. The van der Waals surface area contributed by atoms with Crippen LogP contribution < -0.4 is 0 Å². The standard InChI is InChI=1S/C6H6F6O2/c7-5(8,9)2-3(13)1-4(14)6(10,11)12/h3,13H,1-2H2. The van der Waals surface area contributed by atoms with Crippen molar-refractivity contribution in [3.63, 3.8) is 0 Å². The summed E-state index contributed by atoms with van der Waals surface area (Å²) in [6.07, 6.45) is -15.7. The number of carbonyl (C=O) groups is 1. The van der Waals surface area contributed by atoms with Crippen LogP contribution in [0.25, 0.3) is 0 Å². The lowest BCUT2D eigenvalue weighted by Gasteiger charge is -2.13. The van der Waals surface area contributed by atoms with Crippen LogP contribution in [0.2, 0.25) is 0 Å². The van der Waals surface area contributed by atoms with Gasteiger partial charge in [-0.2, -0.15) is 26.3 Å². The molecule has 1 atom stereocenters. The fourth-order valence-electron chi connectivity index (χ4n) is 0.669. The lowest BCUT2D eigenvalue weighted by atomic mass is 10.1. The molecule has 8 heteroatoms. The first-order chi connectivity index (χ1) is 6.02. The number of aliphatic hydroxyl groups excluding tert-OH is 1. The summed E-state index contributed by atoms with van der Waals surface area (Å²) in [6, 6.07) is 0. The third-order valence-electron chi connectivity index (χ3n) is 1.20. The second-order valence-electron chi connectivity index (χ2n) is 2.60. The summed E-state index contributed by atoms with van der Waals surface area (Å²) < 4.78 is 69.0. The van der Waals surface area contributed by atoms with Gasteiger partial charge < -0.3 is 5.11 Å². The maximum atomic E-state index is 11.5. The molecule has 0 bridgehead atoms. The Morgan fingerprint density at radius 1 is 1.14 bits per heavy atom. The van der Waals surface area contributed by atoms with Crippen molar-refractivity contribution in [2.75, 3.05) is 0 Å². The fourth-order valence-corrected chi connectivity index (χ4v) is 0.669. The molecule has 1 unspecified atom stereocenters. The lowest BCUT2D eigenvalue weighted by Crippen LogP contribution is -2.29. The predicted molar refractivity (Wildman–Crippen MR) is 32.4 cm³/mol. The van der Waals surface area contributed by atoms with Gasteiger partial charge in [-0.25, -0.2) is 0 Å². The molecule has 0 saturated heterocycles. The average Bonchev–Trinajstić information content (AvgIpc) is 1.79. The minimum Gasteiger partial charge on any atom is -0.392 e. The molecular weight excluding hydrogens is 218 g/mol. The second kappa shape index (κ2) is 4.16. The van der Waals surface area contributed by atoms with Gasteiger partial charge in [0.1, 0.15) is 0 Å². The van der Waals surface area contributed by atoms with Crippen molar-refractivity contribution < 1.29 is 36.2 Å². The molecule has 0 aliphatic heterocycles. The van der Waals surface area contributed by atoms with Crippen LogP contribution in [-0.4, -0.2) is 29.3 Å². The van der Waals surface area contributed by atoms with Crippen LogP contribution >= 0.6 is 0 Å². The number of aliphatic hydroxyl groups is 1. The zero-order valence-electron chi connectivity index (χ0n) is 6.61. The number of ketones is 1. The fraction of sp³-hybridized carbons (Fsp3) is 0.833. The van der Waals surface area contributed by atoms with Gasteiger partial charge in [-0.1, -0.05) is 0 Å². The van der Waals surface area contributed by atoms with E-state index in [1.165, 1.54) is 0 Å². The van der Waals surface area contributed by atoms with E-state index in [9.17, 15) is 31.1 Å². The first kappa shape index (κ1) is 13.2. The van der Waals surface area contributed by atoms with E-state index in [-0.39, 0.29) is 0 Å². The van der Waals surface area contributed by atoms with Gasteiger partial charge in [0.15, 0.2) is 0 Å². The Balaban J connectivity index is 4.09. The molecule has 0 aliphatic rings. The van der Waals surface area contributed by atoms with Crippen molar-refractivity contribution in [2.45, 2.75) is 31.3 Å². The van der Waals surface area contributed by atoms with E-state index in [0.717, 1.165) is 0 Å². The van der Waals surface area contributed by atoms with Gasteiger partial charge in [-0.3, -0.25) is 4.79 Å². The van der Waals surface area contributed by atoms with Gasteiger partial charge in [0.25, 0.3) is 0 Å². The Bertz CT molecular complexity index is 205. The molecule has 0 aromatic carbocycles. The van der Waals surface area contributed by atoms with E-state index in [0.29, 0.717) is 0 Å².